The number of amides is 1. The molecule has 14 heavy (non-hydrogen) atoms. The molecule has 0 aromatic carbocycles. The number of carbonyl (C=O) groups is 2. The third kappa shape index (κ3) is 2.44. The van der Waals surface area contributed by atoms with Crippen LogP contribution in [-0.4, -0.2) is 18.2 Å². The van der Waals surface area contributed by atoms with Crippen molar-refractivity contribution in [1.29, 1.82) is 0 Å². The van der Waals surface area contributed by atoms with Crippen molar-refractivity contribution in [3.05, 3.63) is 12.7 Å². The molecule has 1 fully saturated rings. The Labute approximate surface area is 84.6 Å². The van der Waals surface area contributed by atoms with Crippen LogP contribution in [0.4, 0.5) is 0 Å². The van der Waals surface area contributed by atoms with Gasteiger partial charge in [-0.25, -0.2) is 0 Å². The van der Waals surface area contributed by atoms with E-state index in [1.165, 1.54) is 0 Å². The van der Waals surface area contributed by atoms with Gasteiger partial charge < -0.3 is 5.32 Å². The van der Waals surface area contributed by atoms with Crippen molar-refractivity contribution in [2.24, 2.45) is 11.3 Å². The normalized spacial score (nSPS) is 24.7. The predicted octanol–water partition coefficient (Wildman–Crippen LogP) is 1.29. The third-order valence-electron chi connectivity index (χ3n) is 2.54. The maximum absolute atomic E-state index is 11.5. The molecule has 1 N–H and O–H groups in total. The predicted molar refractivity (Wildman–Crippen MR) is 54.7 cm³/mol. The number of Topliss-reactive ketones (excluding diaryl/α,β-unsaturated/α-hetero) is 1. The van der Waals surface area contributed by atoms with Gasteiger partial charge in [0.25, 0.3) is 0 Å². The fourth-order valence-electron chi connectivity index (χ4n) is 1.87. The smallest absolute Gasteiger partial charge is 0.230 e. The van der Waals surface area contributed by atoms with E-state index in [9.17, 15) is 9.59 Å². The number of hydrogen-bond acceptors (Lipinski definition) is 2. The van der Waals surface area contributed by atoms with Crippen molar-refractivity contribution in [1.82, 2.24) is 5.32 Å². The molecule has 1 aliphatic carbocycles. The van der Waals surface area contributed by atoms with Gasteiger partial charge >= 0.3 is 0 Å². The van der Waals surface area contributed by atoms with Gasteiger partial charge in [0.05, 0.1) is 5.92 Å². The Kier molecular flexibility index (Phi) is 3.09. The molecule has 0 bridgehead atoms. The van der Waals surface area contributed by atoms with Crippen LogP contribution in [0.2, 0.25) is 0 Å². The van der Waals surface area contributed by atoms with E-state index in [-0.39, 0.29) is 17.1 Å². The van der Waals surface area contributed by atoms with Crippen LogP contribution in [0.3, 0.4) is 0 Å². The lowest BCUT2D eigenvalue weighted by molar-refractivity contribution is -0.132. The van der Waals surface area contributed by atoms with Gasteiger partial charge in [-0.05, 0) is 11.8 Å². The van der Waals surface area contributed by atoms with Crippen molar-refractivity contribution in [2.75, 3.05) is 6.54 Å². The molecular weight excluding hydrogens is 178 g/mol. The van der Waals surface area contributed by atoms with Crippen molar-refractivity contribution in [2.45, 2.75) is 26.7 Å². The summed E-state index contributed by atoms with van der Waals surface area (Å²) in [5, 5.41) is 2.66. The molecule has 0 saturated heterocycles. The Morgan fingerprint density at radius 1 is 1.71 bits per heavy atom. The summed E-state index contributed by atoms with van der Waals surface area (Å²) >= 11 is 0. The second-order valence-electron chi connectivity index (χ2n) is 4.60. The highest BCUT2D eigenvalue weighted by molar-refractivity contribution is 6.03. The fraction of sp³-hybridized carbons (Fsp3) is 0.636. The first-order valence-electron chi connectivity index (χ1n) is 4.87. The molecule has 78 valence electrons. The van der Waals surface area contributed by atoms with Crippen molar-refractivity contribution in [3.8, 4) is 0 Å². The summed E-state index contributed by atoms with van der Waals surface area (Å²) in [5.41, 5.74) is -0.0206. The first-order valence-corrected chi connectivity index (χ1v) is 4.87. The van der Waals surface area contributed by atoms with E-state index in [0.29, 0.717) is 19.4 Å². The van der Waals surface area contributed by atoms with Crippen LogP contribution in [-0.2, 0) is 9.59 Å². The van der Waals surface area contributed by atoms with Gasteiger partial charge in [0.2, 0.25) is 5.91 Å². The van der Waals surface area contributed by atoms with Crippen LogP contribution in [0.5, 0.6) is 0 Å². The Balaban J connectivity index is 2.57. The molecule has 1 aliphatic rings. The summed E-state index contributed by atoms with van der Waals surface area (Å²) in [7, 11) is 0. The SMILES string of the molecule is C=CCNC(=O)C1CC(C)(C)CC1=O. The van der Waals surface area contributed by atoms with Crippen molar-refractivity contribution in [3.63, 3.8) is 0 Å². The summed E-state index contributed by atoms with van der Waals surface area (Å²) < 4.78 is 0. The molecule has 0 aliphatic heterocycles. The molecule has 1 saturated carbocycles. The molecule has 3 nitrogen and oxygen atoms in total. The highest BCUT2D eigenvalue weighted by atomic mass is 16.2. The van der Waals surface area contributed by atoms with Crippen LogP contribution in [0.1, 0.15) is 26.7 Å². The quantitative estimate of drug-likeness (QED) is 0.545. The van der Waals surface area contributed by atoms with E-state index in [2.05, 4.69) is 11.9 Å². The Morgan fingerprint density at radius 3 is 2.79 bits per heavy atom. The summed E-state index contributed by atoms with van der Waals surface area (Å²) in [4.78, 5) is 23.0. The zero-order valence-electron chi connectivity index (χ0n) is 8.80. The maximum atomic E-state index is 11.5. The largest absolute Gasteiger partial charge is 0.352 e. The van der Waals surface area contributed by atoms with E-state index in [4.69, 9.17) is 0 Å². The monoisotopic (exact) mass is 195 g/mol. The lowest BCUT2D eigenvalue weighted by Gasteiger charge is -2.15. The Morgan fingerprint density at radius 2 is 2.36 bits per heavy atom. The number of hydrogen-bond donors (Lipinski definition) is 1. The zero-order chi connectivity index (χ0) is 10.8. The van der Waals surface area contributed by atoms with Gasteiger partial charge in [0, 0.05) is 13.0 Å². The second-order valence-corrected chi connectivity index (χ2v) is 4.60. The summed E-state index contributed by atoms with van der Waals surface area (Å²) in [6, 6.07) is 0. The Bertz CT molecular complexity index is 268. The first-order chi connectivity index (χ1) is 6.46. The van der Waals surface area contributed by atoms with Gasteiger partial charge in [-0.3, -0.25) is 9.59 Å². The molecule has 0 aromatic heterocycles. The van der Waals surface area contributed by atoms with Crippen LogP contribution in [0.25, 0.3) is 0 Å². The summed E-state index contributed by atoms with van der Waals surface area (Å²) in [5.74, 6) is -0.526. The van der Waals surface area contributed by atoms with E-state index in [1.54, 1.807) is 6.08 Å². The van der Waals surface area contributed by atoms with Crippen molar-refractivity contribution < 1.29 is 9.59 Å². The minimum Gasteiger partial charge on any atom is -0.352 e. The van der Waals surface area contributed by atoms with Crippen LogP contribution in [0.15, 0.2) is 12.7 Å². The standard InChI is InChI=1S/C11H17NO2/c1-4-5-12-10(14)8-6-11(2,3)7-9(8)13/h4,8H,1,5-7H2,2-3H3,(H,12,14). The number of nitrogens with one attached hydrogen (secondary N) is 1. The molecule has 1 rings (SSSR count). The van der Waals surface area contributed by atoms with Gasteiger partial charge in [0.1, 0.15) is 5.78 Å². The highest BCUT2D eigenvalue weighted by Crippen LogP contribution is 2.38. The van der Waals surface area contributed by atoms with Crippen LogP contribution < -0.4 is 5.32 Å². The molecular formula is C11H17NO2. The fourth-order valence-corrected chi connectivity index (χ4v) is 1.87. The average Bonchev–Trinajstić information content (AvgIpc) is 2.35. The third-order valence-corrected chi connectivity index (χ3v) is 2.54. The van der Waals surface area contributed by atoms with E-state index < -0.39 is 5.92 Å². The average molecular weight is 195 g/mol. The Hall–Kier alpha value is -1.12. The molecule has 0 spiro atoms. The second kappa shape index (κ2) is 3.95. The number of carbonyl (C=O) groups excluding carboxylic acids is 2. The topological polar surface area (TPSA) is 46.2 Å². The van der Waals surface area contributed by atoms with Crippen LogP contribution in [0, 0.1) is 11.3 Å². The van der Waals surface area contributed by atoms with E-state index in [1.807, 2.05) is 13.8 Å². The molecule has 1 unspecified atom stereocenters. The van der Waals surface area contributed by atoms with Gasteiger partial charge in [-0.1, -0.05) is 19.9 Å². The van der Waals surface area contributed by atoms with E-state index >= 15 is 0 Å². The molecule has 1 amide bonds. The van der Waals surface area contributed by atoms with Gasteiger partial charge in [-0.2, -0.15) is 0 Å². The molecule has 1 atom stereocenters. The lowest BCUT2D eigenvalue weighted by Crippen LogP contribution is -2.33. The minimum atomic E-state index is -0.440. The van der Waals surface area contributed by atoms with Gasteiger partial charge in [-0.15, -0.1) is 6.58 Å². The summed E-state index contributed by atoms with van der Waals surface area (Å²) in [6.07, 6.45) is 2.79. The van der Waals surface area contributed by atoms with Crippen LogP contribution >= 0.6 is 0 Å². The molecule has 0 heterocycles. The maximum Gasteiger partial charge on any atom is 0.230 e. The number of rotatable bonds is 3. The lowest BCUT2D eigenvalue weighted by atomic mass is 9.90. The van der Waals surface area contributed by atoms with E-state index in [0.717, 1.165) is 0 Å². The molecule has 3 heteroatoms. The molecule has 0 aromatic rings. The van der Waals surface area contributed by atoms with Crippen molar-refractivity contribution >= 4 is 11.7 Å². The highest BCUT2D eigenvalue weighted by Gasteiger charge is 2.41. The van der Waals surface area contributed by atoms with Gasteiger partial charge in [0.15, 0.2) is 0 Å². The minimum absolute atomic E-state index is 0.0206. The molecule has 0 radical (unpaired) electrons. The first kappa shape index (κ1) is 11.0. The summed E-state index contributed by atoms with van der Waals surface area (Å²) in [6.45, 7) is 7.98. The number of ketones is 1. The zero-order valence-corrected chi connectivity index (χ0v) is 8.80.